The molecule has 6 heteroatoms. The number of ether oxygens (including phenoxy) is 2. The Balaban J connectivity index is 0.00000324. The largest absolute Gasteiger partial charge is 0.380 e. The summed E-state index contributed by atoms with van der Waals surface area (Å²) in [6, 6.07) is 0. The molecule has 0 bridgehead atoms. The normalized spacial score (nSPS) is 16.9. The van der Waals surface area contributed by atoms with Crippen LogP contribution in [0.25, 0.3) is 0 Å². The summed E-state index contributed by atoms with van der Waals surface area (Å²) in [6.45, 7) is 1.76. The zero-order valence-corrected chi connectivity index (χ0v) is 12.5. The average molecular weight is 295 g/mol. The van der Waals surface area contributed by atoms with E-state index in [9.17, 15) is 4.79 Å². The minimum Gasteiger partial charge on any atom is -0.380 e. The van der Waals surface area contributed by atoms with Crippen molar-refractivity contribution in [3.8, 4) is 0 Å². The molecule has 1 unspecified atom stereocenters. The van der Waals surface area contributed by atoms with Gasteiger partial charge in [-0.05, 0) is 19.3 Å². The van der Waals surface area contributed by atoms with Crippen LogP contribution in [-0.2, 0) is 14.3 Å². The lowest BCUT2D eigenvalue weighted by atomic mass is 10.2. The molecule has 3 N–H and O–H groups in total. The molecule has 0 aromatic rings. The van der Waals surface area contributed by atoms with Gasteiger partial charge in [0.15, 0.2) is 0 Å². The Morgan fingerprint density at radius 2 is 2.11 bits per heavy atom. The molecule has 1 fully saturated rings. The third kappa shape index (κ3) is 8.42. The SMILES string of the molecule is COC(CN)CC(=O)NCCCOC1CCCC1.Cl. The second kappa shape index (κ2) is 11.5. The summed E-state index contributed by atoms with van der Waals surface area (Å²) in [5.41, 5.74) is 5.45. The van der Waals surface area contributed by atoms with Crippen LogP contribution in [0.2, 0.25) is 0 Å². The van der Waals surface area contributed by atoms with Crippen LogP contribution in [0, 0.1) is 0 Å². The van der Waals surface area contributed by atoms with Crippen molar-refractivity contribution in [2.45, 2.75) is 50.7 Å². The second-order valence-corrected chi connectivity index (χ2v) is 4.78. The van der Waals surface area contributed by atoms with Crippen LogP contribution >= 0.6 is 12.4 Å². The summed E-state index contributed by atoms with van der Waals surface area (Å²) in [7, 11) is 1.57. The number of hydrogen-bond acceptors (Lipinski definition) is 4. The topological polar surface area (TPSA) is 73.6 Å². The van der Waals surface area contributed by atoms with E-state index in [4.69, 9.17) is 15.2 Å². The van der Waals surface area contributed by atoms with Crippen molar-refractivity contribution in [2.75, 3.05) is 26.8 Å². The number of nitrogens with two attached hydrogens (primary N) is 1. The van der Waals surface area contributed by atoms with Crippen molar-refractivity contribution in [3.05, 3.63) is 0 Å². The first kappa shape index (κ1) is 18.6. The minimum atomic E-state index is -0.181. The maximum atomic E-state index is 11.5. The molecule has 0 aromatic carbocycles. The van der Waals surface area contributed by atoms with Gasteiger partial charge in [-0.3, -0.25) is 4.79 Å². The fourth-order valence-electron chi connectivity index (χ4n) is 2.15. The van der Waals surface area contributed by atoms with E-state index in [1.165, 1.54) is 25.7 Å². The van der Waals surface area contributed by atoms with Gasteiger partial charge in [0.25, 0.3) is 0 Å². The van der Waals surface area contributed by atoms with E-state index in [0.29, 0.717) is 25.6 Å². The molecule has 0 aromatic heterocycles. The fourth-order valence-corrected chi connectivity index (χ4v) is 2.15. The Labute approximate surface area is 122 Å². The molecule has 0 aliphatic heterocycles. The van der Waals surface area contributed by atoms with Gasteiger partial charge in [0.1, 0.15) is 0 Å². The van der Waals surface area contributed by atoms with Crippen LogP contribution in [0.15, 0.2) is 0 Å². The molecule has 1 amide bonds. The zero-order chi connectivity index (χ0) is 13.2. The lowest BCUT2D eigenvalue weighted by Gasteiger charge is -2.13. The Bertz CT molecular complexity index is 232. The summed E-state index contributed by atoms with van der Waals surface area (Å²) in [6.07, 6.45) is 6.43. The molecular formula is C13H27ClN2O3. The molecular weight excluding hydrogens is 268 g/mol. The summed E-state index contributed by atoms with van der Waals surface area (Å²) in [5, 5.41) is 2.85. The van der Waals surface area contributed by atoms with E-state index in [2.05, 4.69) is 5.32 Å². The molecule has 5 nitrogen and oxygen atoms in total. The Morgan fingerprint density at radius 3 is 2.68 bits per heavy atom. The predicted molar refractivity (Wildman–Crippen MR) is 77.6 cm³/mol. The molecule has 0 spiro atoms. The minimum absolute atomic E-state index is 0. The van der Waals surface area contributed by atoms with E-state index in [1.807, 2.05) is 0 Å². The number of methoxy groups -OCH3 is 1. The smallest absolute Gasteiger partial charge is 0.222 e. The van der Waals surface area contributed by atoms with E-state index in [1.54, 1.807) is 7.11 Å². The quantitative estimate of drug-likeness (QED) is 0.628. The van der Waals surface area contributed by atoms with Crippen LogP contribution in [0.3, 0.4) is 0 Å². The van der Waals surface area contributed by atoms with E-state index >= 15 is 0 Å². The number of rotatable bonds is 9. The van der Waals surface area contributed by atoms with Crippen molar-refractivity contribution in [1.82, 2.24) is 5.32 Å². The lowest BCUT2D eigenvalue weighted by molar-refractivity contribution is -0.123. The van der Waals surface area contributed by atoms with Crippen molar-refractivity contribution in [2.24, 2.45) is 5.73 Å². The van der Waals surface area contributed by atoms with Crippen molar-refractivity contribution in [3.63, 3.8) is 0 Å². The highest BCUT2D eigenvalue weighted by Crippen LogP contribution is 2.20. The Hall–Kier alpha value is -0.360. The van der Waals surface area contributed by atoms with Crippen LogP contribution in [-0.4, -0.2) is 44.9 Å². The van der Waals surface area contributed by atoms with Gasteiger partial charge in [0.2, 0.25) is 5.91 Å². The summed E-state index contributed by atoms with van der Waals surface area (Å²) in [4.78, 5) is 11.5. The van der Waals surface area contributed by atoms with Crippen LogP contribution in [0.4, 0.5) is 0 Å². The fraction of sp³-hybridized carbons (Fsp3) is 0.923. The molecule has 0 saturated heterocycles. The van der Waals surface area contributed by atoms with Gasteiger partial charge in [-0.15, -0.1) is 12.4 Å². The third-order valence-corrected chi connectivity index (χ3v) is 3.31. The summed E-state index contributed by atoms with van der Waals surface area (Å²) in [5.74, 6) is -0.00633. The monoisotopic (exact) mass is 294 g/mol. The van der Waals surface area contributed by atoms with Crippen LogP contribution < -0.4 is 11.1 Å². The number of carbonyl (C=O) groups is 1. The van der Waals surface area contributed by atoms with E-state index in [0.717, 1.165) is 13.0 Å². The molecule has 1 aliphatic carbocycles. The van der Waals surface area contributed by atoms with Crippen molar-refractivity contribution >= 4 is 18.3 Å². The van der Waals surface area contributed by atoms with Gasteiger partial charge in [0.05, 0.1) is 18.6 Å². The Morgan fingerprint density at radius 1 is 1.42 bits per heavy atom. The first-order chi connectivity index (χ1) is 8.76. The van der Waals surface area contributed by atoms with Crippen molar-refractivity contribution in [1.29, 1.82) is 0 Å². The molecule has 1 rings (SSSR count). The molecule has 0 radical (unpaired) electrons. The summed E-state index contributed by atoms with van der Waals surface area (Å²) < 4.78 is 10.8. The van der Waals surface area contributed by atoms with E-state index in [-0.39, 0.29) is 24.4 Å². The molecule has 1 aliphatic rings. The lowest BCUT2D eigenvalue weighted by Crippen LogP contribution is -2.33. The van der Waals surface area contributed by atoms with E-state index < -0.39 is 0 Å². The highest BCUT2D eigenvalue weighted by molar-refractivity contribution is 5.85. The van der Waals surface area contributed by atoms with Gasteiger partial charge >= 0.3 is 0 Å². The van der Waals surface area contributed by atoms with Gasteiger partial charge in [-0.2, -0.15) is 0 Å². The molecule has 1 atom stereocenters. The average Bonchev–Trinajstić information content (AvgIpc) is 2.88. The number of amides is 1. The molecule has 0 heterocycles. The van der Waals surface area contributed by atoms with Crippen molar-refractivity contribution < 1.29 is 14.3 Å². The number of nitrogens with one attached hydrogen (secondary N) is 1. The first-order valence-corrected chi connectivity index (χ1v) is 6.87. The predicted octanol–water partition coefficient (Wildman–Crippen LogP) is 1.24. The van der Waals surface area contributed by atoms with Gasteiger partial charge in [-0.1, -0.05) is 12.8 Å². The summed E-state index contributed by atoms with van der Waals surface area (Å²) >= 11 is 0. The molecule has 19 heavy (non-hydrogen) atoms. The third-order valence-electron chi connectivity index (χ3n) is 3.31. The van der Waals surface area contributed by atoms with Gasteiger partial charge < -0.3 is 20.5 Å². The highest BCUT2D eigenvalue weighted by Gasteiger charge is 2.15. The zero-order valence-electron chi connectivity index (χ0n) is 11.7. The maximum Gasteiger partial charge on any atom is 0.222 e. The maximum absolute atomic E-state index is 11.5. The van der Waals surface area contributed by atoms with Crippen LogP contribution in [0.1, 0.15) is 38.5 Å². The molecule has 114 valence electrons. The number of halogens is 1. The second-order valence-electron chi connectivity index (χ2n) is 4.78. The van der Waals surface area contributed by atoms with Gasteiger partial charge in [-0.25, -0.2) is 0 Å². The first-order valence-electron chi connectivity index (χ1n) is 6.87. The number of hydrogen-bond donors (Lipinski definition) is 2. The Kier molecular flexibility index (Phi) is 11.2. The standard InChI is InChI=1S/C13H26N2O3.ClH/c1-17-12(10-14)9-13(16)15-7-4-8-18-11-5-2-3-6-11;/h11-12H,2-10,14H2,1H3,(H,15,16);1H. The van der Waals surface area contributed by atoms with Crippen LogP contribution in [0.5, 0.6) is 0 Å². The number of carbonyl (C=O) groups excluding carboxylic acids is 1. The van der Waals surface area contributed by atoms with Gasteiger partial charge in [0, 0.05) is 26.8 Å². The molecule has 1 saturated carbocycles. The highest BCUT2D eigenvalue weighted by atomic mass is 35.5.